The molecule has 0 bridgehead atoms. The van der Waals surface area contributed by atoms with Crippen molar-refractivity contribution in [2.45, 2.75) is 398 Å². The molecule has 74 heavy (non-hydrogen) atoms. The van der Waals surface area contributed by atoms with Crippen LogP contribution in [0.3, 0.4) is 0 Å². The van der Waals surface area contributed by atoms with E-state index in [1.54, 1.807) is 0 Å². The van der Waals surface area contributed by atoms with E-state index < -0.39 is 12.1 Å². The summed E-state index contributed by atoms with van der Waals surface area (Å²) in [5, 5.41) is 23.3. The van der Waals surface area contributed by atoms with Crippen molar-refractivity contribution < 1.29 is 24.5 Å². The van der Waals surface area contributed by atoms with E-state index in [-0.39, 0.29) is 18.5 Å². The number of carbonyl (C=O) groups is 2. The first kappa shape index (κ1) is 72.6. The normalized spacial score (nSPS) is 12.5. The largest absolute Gasteiger partial charge is 0.466 e. The van der Waals surface area contributed by atoms with Crippen molar-refractivity contribution in [1.29, 1.82) is 0 Å². The first-order valence-corrected chi connectivity index (χ1v) is 33.9. The van der Waals surface area contributed by atoms with E-state index in [9.17, 15) is 19.8 Å². The second-order valence-electron chi connectivity index (χ2n) is 23.5. The molecule has 0 saturated carbocycles. The summed E-state index contributed by atoms with van der Waals surface area (Å²) < 4.78 is 5.51. The van der Waals surface area contributed by atoms with Crippen LogP contribution >= 0.6 is 0 Å². The second-order valence-corrected chi connectivity index (χ2v) is 23.5. The van der Waals surface area contributed by atoms with Gasteiger partial charge in [-0.3, -0.25) is 9.59 Å². The van der Waals surface area contributed by atoms with Crippen molar-refractivity contribution in [1.82, 2.24) is 5.32 Å². The Kier molecular flexibility index (Phi) is 62.9. The number of esters is 1. The van der Waals surface area contributed by atoms with Crippen LogP contribution in [0, 0.1) is 0 Å². The van der Waals surface area contributed by atoms with Gasteiger partial charge in [-0.1, -0.05) is 334 Å². The summed E-state index contributed by atoms with van der Waals surface area (Å²) in [7, 11) is 0. The molecule has 0 radical (unpaired) electrons. The predicted octanol–water partition coefficient (Wildman–Crippen LogP) is 21.6. The van der Waals surface area contributed by atoms with E-state index in [1.807, 2.05) is 0 Å². The molecule has 0 aromatic heterocycles. The van der Waals surface area contributed by atoms with E-state index in [0.717, 1.165) is 38.5 Å². The maximum Gasteiger partial charge on any atom is 0.305 e. The van der Waals surface area contributed by atoms with Gasteiger partial charge in [0.2, 0.25) is 5.91 Å². The third kappa shape index (κ3) is 59.8. The summed E-state index contributed by atoms with van der Waals surface area (Å²) in [6.07, 6.45) is 78.1. The molecule has 2 unspecified atom stereocenters. The zero-order valence-electron chi connectivity index (χ0n) is 50.4. The van der Waals surface area contributed by atoms with Gasteiger partial charge in [-0.15, -0.1) is 0 Å². The number of allylic oxidation sites excluding steroid dienone is 2. The van der Waals surface area contributed by atoms with Crippen molar-refractivity contribution in [3.8, 4) is 0 Å². The number of amides is 1. The number of ether oxygens (including phenoxy) is 1. The fourth-order valence-electron chi connectivity index (χ4n) is 10.9. The quantitative estimate of drug-likeness (QED) is 0.0320. The highest BCUT2D eigenvalue weighted by atomic mass is 16.5. The molecule has 3 N–H and O–H groups in total. The molecule has 1 amide bonds. The Balaban J connectivity index is 3.38. The number of hydrogen-bond acceptors (Lipinski definition) is 5. The summed E-state index contributed by atoms with van der Waals surface area (Å²) in [6.45, 7) is 4.99. The van der Waals surface area contributed by atoms with E-state index in [2.05, 4.69) is 31.3 Å². The lowest BCUT2D eigenvalue weighted by Crippen LogP contribution is -2.45. The van der Waals surface area contributed by atoms with Crippen molar-refractivity contribution in [2.75, 3.05) is 13.2 Å². The Labute approximate surface area is 463 Å². The zero-order valence-corrected chi connectivity index (χ0v) is 50.4. The minimum Gasteiger partial charge on any atom is -0.466 e. The van der Waals surface area contributed by atoms with Gasteiger partial charge in [-0.25, -0.2) is 0 Å². The molecule has 440 valence electrons. The van der Waals surface area contributed by atoms with Crippen LogP contribution in [0.2, 0.25) is 0 Å². The number of nitrogens with one attached hydrogen (secondary N) is 1. The minimum absolute atomic E-state index is 0.0158. The molecule has 0 aromatic carbocycles. The van der Waals surface area contributed by atoms with Gasteiger partial charge >= 0.3 is 5.97 Å². The van der Waals surface area contributed by atoms with E-state index in [0.29, 0.717) is 25.9 Å². The molecule has 2 atom stereocenters. The number of rotatable bonds is 64. The van der Waals surface area contributed by atoms with Gasteiger partial charge in [-0.2, -0.15) is 0 Å². The first-order valence-electron chi connectivity index (χ1n) is 33.9. The molecule has 0 aliphatic heterocycles. The minimum atomic E-state index is -0.668. The summed E-state index contributed by atoms with van der Waals surface area (Å²) in [6, 6.07) is -0.546. The van der Waals surface area contributed by atoms with Crippen molar-refractivity contribution >= 4 is 11.9 Å². The van der Waals surface area contributed by atoms with Crippen molar-refractivity contribution in [2.24, 2.45) is 0 Å². The maximum atomic E-state index is 12.5. The average molecular weight is 1040 g/mol. The van der Waals surface area contributed by atoms with Gasteiger partial charge < -0.3 is 20.3 Å². The molecule has 0 saturated heterocycles. The molecule has 0 aliphatic rings. The smallest absolute Gasteiger partial charge is 0.305 e. The van der Waals surface area contributed by atoms with Crippen LogP contribution in [0.15, 0.2) is 12.2 Å². The number of unbranched alkanes of at least 4 members (excludes halogenated alkanes) is 51. The Morgan fingerprint density at radius 1 is 0.365 bits per heavy atom. The van der Waals surface area contributed by atoms with Crippen LogP contribution < -0.4 is 5.32 Å². The van der Waals surface area contributed by atoms with Crippen LogP contribution in [0.25, 0.3) is 0 Å². The molecular weight excluding hydrogens is 911 g/mol. The molecule has 0 rings (SSSR count). The predicted molar refractivity (Wildman–Crippen MR) is 324 cm³/mol. The number of aliphatic hydroxyl groups is 2. The van der Waals surface area contributed by atoms with E-state index in [1.165, 1.54) is 315 Å². The van der Waals surface area contributed by atoms with Crippen LogP contribution in [0.1, 0.15) is 386 Å². The fourth-order valence-corrected chi connectivity index (χ4v) is 10.9. The molecule has 0 heterocycles. The molecule has 0 fully saturated rings. The second kappa shape index (κ2) is 64.1. The van der Waals surface area contributed by atoms with E-state index in [4.69, 9.17) is 4.74 Å². The number of aliphatic hydroxyl groups excluding tert-OH is 2. The highest BCUT2D eigenvalue weighted by Crippen LogP contribution is 2.19. The number of hydrogen-bond donors (Lipinski definition) is 3. The lowest BCUT2D eigenvalue weighted by Gasteiger charge is -2.22. The van der Waals surface area contributed by atoms with Gasteiger partial charge in [0.15, 0.2) is 0 Å². The fraction of sp³-hybridized carbons (Fsp3) is 0.941. The summed E-state index contributed by atoms with van der Waals surface area (Å²) in [5.74, 6) is -0.0229. The molecule has 6 nitrogen and oxygen atoms in total. The van der Waals surface area contributed by atoms with Gasteiger partial charge in [-0.05, 0) is 51.4 Å². The molecule has 0 aliphatic carbocycles. The Bertz CT molecular complexity index is 1110. The molecule has 0 aromatic rings. The third-order valence-electron chi connectivity index (χ3n) is 16.1. The van der Waals surface area contributed by atoms with Gasteiger partial charge in [0.1, 0.15) is 0 Å². The molecule has 0 spiro atoms. The van der Waals surface area contributed by atoms with Crippen molar-refractivity contribution in [3.63, 3.8) is 0 Å². The Hall–Kier alpha value is -1.40. The zero-order chi connectivity index (χ0) is 53.6. The highest BCUT2D eigenvalue weighted by molar-refractivity contribution is 5.76. The topological polar surface area (TPSA) is 95.9 Å². The average Bonchev–Trinajstić information content (AvgIpc) is 3.40. The third-order valence-corrected chi connectivity index (χ3v) is 16.1. The van der Waals surface area contributed by atoms with Gasteiger partial charge in [0.25, 0.3) is 0 Å². The van der Waals surface area contributed by atoms with E-state index >= 15 is 0 Å². The monoisotopic (exact) mass is 1040 g/mol. The van der Waals surface area contributed by atoms with Crippen molar-refractivity contribution in [3.05, 3.63) is 12.2 Å². The molecule has 6 heteroatoms. The maximum absolute atomic E-state index is 12.5. The number of carbonyl (C=O) groups excluding carboxylic acids is 2. The summed E-state index contributed by atoms with van der Waals surface area (Å²) >= 11 is 0. The van der Waals surface area contributed by atoms with Crippen LogP contribution in [0.5, 0.6) is 0 Å². The highest BCUT2D eigenvalue weighted by Gasteiger charge is 2.20. The van der Waals surface area contributed by atoms with Gasteiger partial charge in [0.05, 0.1) is 25.4 Å². The van der Waals surface area contributed by atoms with Crippen LogP contribution in [0.4, 0.5) is 0 Å². The van der Waals surface area contributed by atoms with Gasteiger partial charge in [0, 0.05) is 12.8 Å². The van der Waals surface area contributed by atoms with Crippen LogP contribution in [-0.2, 0) is 14.3 Å². The summed E-state index contributed by atoms with van der Waals surface area (Å²) in [4.78, 5) is 24.6. The Morgan fingerprint density at radius 3 is 0.959 bits per heavy atom. The summed E-state index contributed by atoms with van der Waals surface area (Å²) in [5.41, 5.74) is 0. The SMILES string of the molecule is CCCCCCCCCCCCCCCCCCCCCC(=O)OCCCCCCCCCCCCC/C=C\CCCCCCCCCC(=O)NC(CO)C(O)CCCCCCCCCCCCCCCCCC. The lowest BCUT2D eigenvalue weighted by molar-refractivity contribution is -0.143. The Morgan fingerprint density at radius 2 is 0.635 bits per heavy atom. The lowest BCUT2D eigenvalue weighted by atomic mass is 10.0. The van der Waals surface area contributed by atoms with Crippen LogP contribution in [-0.4, -0.2) is 47.4 Å². The standard InChI is InChI=1S/C68H133NO5/c1-3-5-7-9-11-13-15-17-19-21-26-30-34-38-42-46-50-54-58-62-68(73)74-63-59-55-51-47-43-39-35-31-28-25-23-22-24-27-29-33-37-41-45-49-53-57-61-67(72)69-65(64-70)66(71)60-56-52-48-44-40-36-32-20-18-16-14-12-10-8-6-4-2/h24,27,65-66,70-71H,3-23,25-26,28-64H2,1-2H3,(H,69,72)/b27-24-. The first-order chi connectivity index (χ1) is 36.5. The molecular formula is C68H133NO5.